The molecule has 0 atom stereocenters. The van der Waals surface area contributed by atoms with Crippen molar-refractivity contribution in [2.45, 2.75) is 26.3 Å². The lowest BCUT2D eigenvalue weighted by Gasteiger charge is -2.21. The van der Waals surface area contributed by atoms with Crippen LogP contribution in [0.5, 0.6) is 0 Å². The molecule has 5 nitrogen and oxygen atoms in total. The van der Waals surface area contributed by atoms with Crippen LogP contribution in [-0.4, -0.2) is 38.0 Å². The third kappa shape index (κ3) is 4.82. The van der Waals surface area contributed by atoms with Crippen LogP contribution in [0, 0.1) is 12.8 Å². The number of hydrogen-bond donors (Lipinski definition) is 1. The lowest BCUT2D eigenvalue weighted by molar-refractivity contribution is -0.122. The van der Waals surface area contributed by atoms with Crippen LogP contribution in [0.25, 0.3) is 0 Å². The molecule has 0 unspecified atom stereocenters. The number of nitrogens with zero attached hydrogens (tertiary/aromatic N) is 1. The molecule has 1 N–H and O–H groups in total. The zero-order chi connectivity index (χ0) is 15.5. The number of amides is 1. The van der Waals surface area contributed by atoms with E-state index in [0.717, 1.165) is 24.0 Å². The van der Waals surface area contributed by atoms with Crippen molar-refractivity contribution in [3.05, 3.63) is 35.4 Å². The molecule has 0 heterocycles. The summed E-state index contributed by atoms with van der Waals surface area (Å²) in [6, 6.07) is 7.72. The van der Waals surface area contributed by atoms with Gasteiger partial charge in [-0.3, -0.25) is 4.79 Å². The fraction of sp³-hybridized carbons (Fsp3) is 0.533. The van der Waals surface area contributed by atoms with Crippen LogP contribution in [0.15, 0.2) is 24.3 Å². The maximum atomic E-state index is 11.9. The topological polar surface area (TPSA) is 66.5 Å². The lowest BCUT2D eigenvalue weighted by Crippen LogP contribution is -2.38. The first-order valence-electron chi connectivity index (χ1n) is 7.15. The van der Waals surface area contributed by atoms with Gasteiger partial charge in [0.2, 0.25) is 15.9 Å². The summed E-state index contributed by atoms with van der Waals surface area (Å²) in [5, 5.41) is 2.80. The highest BCUT2D eigenvalue weighted by atomic mass is 32.2. The number of carbonyl (C=O) groups is 1. The van der Waals surface area contributed by atoms with Crippen LogP contribution in [0.4, 0.5) is 0 Å². The molecule has 1 aromatic carbocycles. The summed E-state index contributed by atoms with van der Waals surface area (Å²) in [6.07, 6.45) is 3.10. The molecular weight excluding hydrogens is 288 g/mol. The standard InChI is InChI=1S/C15H22N2O3S/c1-12-5-3-4-6-14(12)11-17(21(2,19)20)10-9-16-15(18)13-7-8-13/h3-6,13H,7-11H2,1-2H3,(H,16,18). The number of sulfonamides is 1. The Balaban J connectivity index is 1.95. The van der Waals surface area contributed by atoms with Crippen molar-refractivity contribution < 1.29 is 13.2 Å². The van der Waals surface area contributed by atoms with E-state index in [0.29, 0.717) is 19.6 Å². The van der Waals surface area contributed by atoms with Gasteiger partial charge in [-0.1, -0.05) is 24.3 Å². The molecule has 0 aliphatic heterocycles. The predicted molar refractivity (Wildman–Crippen MR) is 82.2 cm³/mol. The van der Waals surface area contributed by atoms with E-state index in [9.17, 15) is 13.2 Å². The van der Waals surface area contributed by atoms with Crippen molar-refractivity contribution in [2.24, 2.45) is 5.92 Å². The number of aryl methyl sites for hydroxylation is 1. The second kappa shape index (κ2) is 6.58. The van der Waals surface area contributed by atoms with Crippen molar-refractivity contribution in [3.8, 4) is 0 Å². The van der Waals surface area contributed by atoms with Crippen LogP contribution >= 0.6 is 0 Å². The monoisotopic (exact) mass is 310 g/mol. The average molecular weight is 310 g/mol. The maximum absolute atomic E-state index is 11.9. The van der Waals surface area contributed by atoms with Gasteiger partial charge in [-0.25, -0.2) is 8.42 Å². The minimum atomic E-state index is -3.30. The minimum Gasteiger partial charge on any atom is -0.355 e. The fourth-order valence-corrected chi connectivity index (χ4v) is 2.93. The van der Waals surface area contributed by atoms with Crippen LogP contribution in [0.2, 0.25) is 0 Å². The van der Waals surface area contributed by atoms with E-state index >= 15 is 0 Å². The Labute approximate surface area is 126 Å². The van der Waals surface area contributed by atoms with Crippen LogP contribution in [-0.2, 0) is 21.4 Å². The summed E-state index contributed by atoms with van der Waals surface area (Å²) in [5.74, 6) is 0.187. The van der Waals surface area contributed by atoms with Gasteiger partial charge < -0.3 is 5.32 Å². The zero-order valence-corrected chi connectivity index (χ0v) is 13.3. The summed E-state index contributed by atoms with van der Waals surface area (Å²) in [4.78, 5) is 11.6. The van der Waals surface area contributed by atoms with Crippen LogP contribution in [0.1, 0.15) is 24.0 Å². The van der Waals surface area contributed by atoms with Crippen molar-refractivity contribution in [2.75, 3.05) is 19.3 Å². The first kappa shape index (κ1) is 16.0. The van der Waals surface area contributed by atoms with E-state index < -0.39 is 10.0 Å². The molecule has 1 aromatic rings. The molecular formula is C15H22N2O3S. The Morgan fingerprint density at radius 2 is 2.00 bits per heavy atom. The van der Waals surface area contributed by atoms with E-state index in [2.05, 4.69) is 5.32 Å². The largest absolute Gasteiger partial charge is 0.355 e. The third-order valence-corrected chi connectivity index (χ3v) is 4.94. The normalized spacial score (nSPS) is 15.2. The van der Waals surface area contributed by atoms with Gasteiger partial charge in [0.05, 0.1) is 6.26 Å². The Kier molecular flexibility index (Phi) is 5.00. The molecule has 0 saturated heterocycles. The highest BCUT2D eigenvalue weighted by molar-refractivity contribution is 7.88. The smallest absolute Gasteiger partial charge is 0.223 e. The van der Waals surface area contributed by atoms with Gasteiger partial charge in [-0.2, -0.15) is 4.31 Å². The van der Waals surface area contributed by atoms with E-state index in [-0.39, 0.29) is 11.8 Å². The van der Waals surface area contributed by atoms with Gasteiger partial charge in [0.1, 0.15) is 0 Å². The van der Waals surface area contributed by atoms with E-state index in [1.807, 2.05) is 31.2 Å². The van der Waals surface area contributed by atoms with E-state index in [4.69, 9.17) is 0 Å². The molecule has 0 aromatic heterocycles. The van der Waals surface area contributed by atoms with Crippen LogP contribution in [0.3, 0.4) is 0 Å². The van der Waals surface area contributed by atoms with Crippen molar-refractivity contribution in [1.82, 2.24) is 9.62 Å². The molecule has 21 heavy (non-hydrogen) atoms. The SMILES string of the molecule is Cc1ccccc1CN(CCNC(=O)C1CC1)S(C)(=O)=O. The van der Waals surface area contributed by atoms with E-state index in [1.54, 1.807) is 0 Å². The molecule has 2 rings (SSSR count). The Bertz CT molecular complexity index is 609. The molecule has 0 bridgehead atoms. The second-order valence-corrected chi connectivity index (χ2v) is 7.57. The third-order valence-electron chi connectivity index (χ3n) is 3.69. The van der Waals surface area contributed by atoms with Gasteiger partial charge in [0, 0.05) is 25.6 Å². The highest BCUT2D eigenvalue weighted by Crippen LogP contribution is 2.28. The number of hydrogen-bond acceptors (Lipinski definition) is 3. The summed E-state index contributed by atoms with van der Waals surface area (Å²) in [6.45, 7) is 2.95. The molecule has 1 fully saturated rings. The summed E-state index contributed by atoms with van der Waals surface area (Å²) >= 11 is 0. The zero-order valence-electron chi connectivity index (χ0n) is 12.5. The Morgan fingerprint density at radius 3 is 2.57 bits per heavy atom. The van der Waals surface area contributed by atoms with Gasteiger partial charge in [-0.05, 0) is 30.9 Å². The van der Waals surface area contributed by atoms with Crippen molar-refractivity contribution in [1.29, 1.82) is 0 Å². The lowest BCUT2D eigenvalue weighted by atomic mass is 10.1. The number of carbonyl (C=O) groups excluding carboxylic acids is 1. The number of rotatable bonds is 7. The number of nitrogens with one attached hydrogen (secondary N) is 1. The molecule has 1 aliphatic rings. The molecule has 1 saturated carbocycles. The van der Waals surface area contributed by atoms with Crippen LogP contribution < -0.4 is 5.32 Å². The Hall–Kier alpha value is -1.40. The predicted octanol–water partition coefficient (Wildman–Crippen LogP) is 1.28. The summed E-state index contributed by atoms with van der Waals surface area (Å²) in [7, 11) is -3.30. The molecule has 1 amide bonds. The number of benzene rings is 1. The fourth-order valence-electron chi connectivity index (χ4n) is 2.13. The van der Waals surface area contributed by atoms with Gasteiger partial charge >= 0.3 is 0 Å². The highest BCUT2D eigenvalue weighted by Gasteiger charge is 2.29. The molecule has 0 radical (unpaired) electrons. The minimum absolute atomic E-state index is 0.0411. The second-order valence-electron chi connectivity index (χ2n) is 5.59. The summed E-state index contributed by atoms with van der Waals surface area (Å²) < 4.78 is 25.2. The van der Waals surface area contributed by atoms with Crippen molar-refractivity contribution in [3.63, 3.8) is 0 Å². The first-order valence-corrected chi connectivity index (χ1v) is 9.00. The van der Waals surface area contributed by atoms with Crippen molar-refractivity contribution >= 4 is 15.9 Å². The van der Waals surface area contributed by atoms with Gasteiger partial charge in [0.15, 0.2) is 0 Å². The molecule has 0 spiro atoms. The summed E-state index contributed by atoms with van der Waals surface area (Å²) in [5.41, 5.74) is 2.05. The quantitative estimate of drug-likeness (QED) is 0.825. The first-order chi connectivity index (χ1) is 9.88. The molecule has 1 aliphatic carbocycles. The van der Waals surface area contributed by atoms with Gasteiger partial charge in [0.25, 0.3) is 0 Å². The molecule has 6 heteroatoms. The van der Waals surface area contributed by atoms with Gasteiger partial charge in [-0.15, -0.1) is 0 Å². The average Bonchev–Trinajstić information content (AvgIpc) is 3.22. The Morgan fingerprint density at radius 1 is 1.33 bits per heavy atom. The van der Waals surface area contributed by atoms with E-state index in [1.165, 1.54) is 10.6 Å². The maximum Gasteiger partial charge on any atom is 0.223 e. The molecule has 116 valence electrons.